The lowest BCUT2D eigenvalue weighted by Gasteiger charge is -2.32. The van der Waals surface area contributed by atoms with Crippen molar-refractivity contribution >= 4 is 41.1 Å². The lowest BCUT2D eigenvalue weighted by atomic mass is 10.2. The van der Waals surface area contributed by atoms with Gasteiger partial charge in [0.05, 0.1) is 22.0 Å². The van der Waals surface area contributed by atoms with E-state index < -0.39 is 0 Å². The number of hydrogen-bond acceptors (Lipinski definition) is 5. The number of nitrogens with zero attached hydrogens (tertiary/aromatic N) is 3. The molecule has 2 unspecified atom stereocenters. The average molecular weight is 410 g/mol. The van der Waals surface area contributed by atoms with Crippen LogP contribution in [0.15, 0.2) is 24.3 Å². The first-order valence-corrected chi connectivity index (χ1v) is 10.5. The Bertz CT molecular complexity index is 730. The number of rotatable bonds is 5. The molecule has 0 bridgehead atoms. The smallest absolute Gasteiger partial charge is 0.232 e. The first-order chi connectivity index (χ1) is 12.7. The highest BCUT2D eigenvalue weighted by Gasteiger charge is 2.31. The molecule has 1 aromatic heterocycles. The van der Waals surface area contributed by atoms with Gasteiger partial charge in [0.1, 0.15) is 5.82 Å². The number of likely N-dealkylation sites (tertiary alicyclic amines) is 1. The first-order valence-electron chi connectivity index (χ1n) is 9.49. The number of imidazole rings is 1. The highest BCUT2D eigenvalue weighted by Crippen LogP contribution is 2.28. The number of aromatic amines is 1. The third-order valence-electron chi connectivity index (χ3n) is 5.43. The Labute approximate surface area is 170 Å². The number of carbonyl (C=O) groups is 1. The fourth-order valence-corrected chi connectivity index (χ4v) is 4.69. The van der Waals surface area contributed by atoms with E-state index in [2.05, 4.69) is 27.1 Å². The van der Waals surface area contributed by atoms with Gasteiger partial charge in [-0.15, -0.1) is 24.2 Å². The van der Waals surface area contributed by atoms with Gasteiger partial charge in [-0.3, -0.25) is 9.69 Å². The number of H-pyrrole nitrogens is 1. The van der Waals surface area contributed by atoms with Gasteiger partial charge in [-0.05, 0) is 25.5 Å². The number of nitrogens with one attached hydrogen (secondary N) is 2. The Balaban J connectivity index is 0.00000210. The highest BCUT2D eigenvalue weighted by atomic mass is 35.5. The second-order valence-corrected chi connectivity index (χ2v) is 8.49. The molecule has 6 nitrogen and oxygen atoms in total. The molecule has 3 heterocycles. The Kier molecular flexibility index (Phi) is 7.03. The van der Waals surface area contributed by atoms with Crippen molar-refractivity contribution in [2.24, 2.45) is 0 Å². The topological polar surface area (TPSA) is 64.3 Å². The monoisotopic (exact) mass is 409 g/mol. The lowest BCUT2D eigenvalue weighted by molar-refractivity contribution is -0.127. The second kappa shape index (κ2) is 9.28. The lowest BCUT2D eigenvalue weighted by Crippen LogP contribution is -2.49. The van der Waals surface area contributed by atoms with Gasteiger partial charge in [0.2, 0.25) is 5.91 Å². The molecule has 2 saturated heterocycles. The summed E-state index contributed by atoms with van der Waals surface area (Å²) in [4.78, 5) is 25.2. The summed E-state index contributed by atoms with van der Waals surface area (Å²) in [6, 6.07) is 8.59. The van der Waals surface area contributed by atoms with Crippen LogP contribution in [0.3, 0.4) is 0 Å². The molecule has 2 fully saturated rings. The third-order valence-corrected chi connectivity index (χ3v) is 6.57. The van der Waals surface area contributed by atoms with E-state index in [4.69, 9.17) is 0 Å². The van der Waals surface area contributed by atoms with Crippen molar-refractivity contribution in [1.82, 2.24) is 25.1 Å². The molecule has 2 aliphatic heterocycles. The van der Waals surface area contributed by atoms with Gasteiger partial charge >= 0.3 is 0 Å². The van der Waals surface area contributed by atoms with Crippen LogP contribution in [0.1, 0.15) is 24.4 Å². The number of thioether (sulfide) groups is 1. The first kappa shape index (κ1) is 20.5. The van der Waals surface area contributed by atoms with Crippen LogP contribution in [-0.4, -0.2) is 76.7 Å². The minimum absolute atomic E-state index is 0. The van der Waals surface area contributed by atoms with Crippen molar-refractivity contribution < 1.29 is 4.79 Å². The Morgan fingerprint density at radius 1 is 1.30 bits per heavy atom. The quantitative estimate of drug-likeness (QED) is 0.793. The average Bonchev–Trinajstić information content (AvgIpc) is 3.33. The van der Waals surface area contributed by atoms with Crippen LogP contribution < -0.4 is 5.32 Å². The molecule has 8 heteroatoms. The summed E-state index contributed by atoms with van der Waals surface area (Å²) in [5, 5.41) is 3.57. The highest BCUT2D eigenvalue weighted by molar-refractivity contribution is 8.00. The van der Waals surface area contributed by atoms with E-state index in [-0.39, 0.29) is 23.6 Å². The van der Waals surface area contributed by atoms with Crippen LogP contribution in [0.4, 0.5) is 0 Å². The van der Waals surface area contributed by atoms with E-state index in [1.54, 1.807) is 11.8 Å². The van der Waals surface area contributed by atoms with Gasteiger partial charge in [-0.25, -0.2) is 4.98 Å². The summed E-state index contributed by atoms with van der Waals surface area (Å²) < 4.78 is 0. The SMILES string of the molecule is CC(SCC(=O)N1CCC(N2CCNCC2)C1)c1nc2ccccc2[nH]1.Cl. The number of fused-ring (bicyclic) bond motifs is 1. The van der Waals surface area contributed by atoms with Crippen molar-refractivity contribution in [1.29, 1.82) is 0 Å². The van der Waals surface area contributed by atoms with E-state index >= 15 is 0 Å². The normalized spacial score (nSPS) is 22.0. The zero-order valence-corrected chi connectivity index (χ0v) is 17.3. The maximum atomic E-state index is 12.6. The molecule has 1 amide bonds. The molecule has 2 atom stereocenters. The van der Waals surface area contributed by atoms with Crippen LogP contribution in [-0.2, 0) is 4.79 Å². The van der Waals surface area contributed by atoms with Crippen molar-refractivity contribution in [3.63, 3.8) is 0 Å². The van der Waals surface area contributed by atoms with Gasteiger partial charge in [0, 0.05) is 45.3 Å². The Morgan fingerprint density at radius 2 is 2.07 bits per heavy atom. The number of amides is 1. The molecule has 2 N–H and O–H groups in total. The summed E-state index contributed by atoms with van der Waals surface area (Å²) in [6.07, 6.45) is 1.11. The molecule has 1 aromatic carbocycles. The maximum absolute atomic E-state index is 12.6. The molecule has 148 valence electrons. The van der Waals surface area contributed by atoms with Gasteiger partial charge in [-0.2, -0.15) is 0 Å². The predicted octanol–water partition coefficient (Wildman–Crippen LogP) is 2.28. The van der Waals surface area contributed by atoms with Gasteiger partial charge < -0.3 is 15.2 Å². The van der Waals surface area contributed by atoms with Crippen LogP contribution in [0, 0.1) is 0 Å². The number of halogens is 1. The van der Waals surface area contributed by atoms with Crippen molar-refractivity contribution in [2.75, 3.05) is 45.0 Å². The third kappa shape index (κ3) is 4.77. The standard InChI is InChI=1S/C19H27N5OS.ClH/c1-14(19-21-16-4-2-3-5-17(16)22-19)26-13-18(25)24-9-6-15(12-24)23-10-7-20-8-11-23;/h2-5,14-15,20H,6-13H2,1H3,(H,21,22);1H. The number of aromatic nitrogens is 2. The van der Waals surface area contributed by atoms with Crippen LogP contribution >= 0.6 is 24.2 Å². The van der Waals surface area contributed by atoms with E-state index in [9.17, 15) is 4.79 Å². The molecule has 27 heavy (non-hydrogen) atoms. The van der Waals surface area contributed by atoms with E-state index in [1.807, 2.05) is 29.2 Å². The Hall–Kier alpha value is -1.28. The molecule has 2 aromatic rings. The summed E-state index contributed by atoms with van der Waals surface area (Å²) in [7, 11) is 0. The van der Waals surface area contributed by atoms with Crippen LogP contribution in [0.5, 0.6) is 0 Å². The summed E-state index contributed by atoms with van der Waals surface area (Å²) >= 11 is 1.67. The van der Waals surface area contributed by atoms with Crippen LogP contribution in [0.2, 0.25) is 0 Å². The molecule has 0 spiro atoms. The molecule has 0 aliphatic carbocycles. The van der Waals surface area contributed by atoms with E-state index in [1.165, 1.54) is 0 Å². The number of carbonyl (C=O) groups excluding carboxylic acids is 1. The molecule has 4 rings (SSSR count). The van der Waals surface area contributed by atoms with E-state index in [0.29, 0.717) is 11.8 Å². The minimum Gasteiger partial charge on any atom is -0.341 e. The van der Waals surface area contributed by atoms with Crippen LogP contribution in [0.25, 0.3) is 11.0 Å². The van der Waals surface area contributed by atoms with Gasteiger partial charge in [-0.1, -0.05) is 12.1 Å². The minimum atomic E-state index is 0. The molecular formula is C19H28ClN5OS. The Morgan fingerprint density at radius 3 is 2.85 bits per heavy atom. The molecule has 0 radical (unpaired) electrons. The fourth-order valence-electron chi connectivity index (χ4n) is 3.85. The number of para-hydroxylation sites is 2. The zero-order valence-electron chi connectivity index (χ0n) is 15.7. The maximum Gasteiger partial charge on any atom is 0.232 e. The largest absolute Gasteiger partial charge is 0.341 e. The predicted molar refractivity (Wildman–Crippen MR) is 114 cm³/mol. The van der Waals surface area contributed by atoms with E-state index in [0.717, 1.165) is 62.5 Å². The molecular weight excluding hydrogens is 382 g/mol. The number of hydrogen-bond donors (Lipinski definition) is 2. The second-order valence-electron chi connectivity index (χ2n) is 7.16. The summed E-state index contributed by atoms with van der Waals surface area (Å²) in [5.41, 5.74) is 2.04. The summed E-state index contributed by atoms with van der Waals surface area (Å²) in [6.45, 7) is 8.23. The van der Waals surface area contributed by atoms with Crippen molar-refractivity contribution in [2.45, 2.75) is 24.6 Å². The number of piperazine rings is 1. The molecule has 0 saturated carbocycles. The van der Waals surface area contributed by atoms with Gasteiger partial charge in [0.15, 0.2) is 0 Å². The van der Waals surface area contributed by atoms with Crippen molar-refractivity contribution in [3.8, 4) is 0 Å². The fraction of sp³-hybridized carbons (Fsp3) is 0.579. The zero-order chi connectivity index (χ0) is 17.9. The summed E-state index contributed by atoms with van der Waals surface area (Å²) in [5.74, 6) is 1.73. The number of benzene rings is 1. The van der Waals surface area contributed by atoms with Gasteiger partial charge in [0.25, 0.3) is 0 Å². The molecule has 2 aliphatic rings. The van der Waals surface area contributed by atoms with Crippen molar-refractivity contribution in [3.05, 3.63) is 30.1 Å².